The molecule has 0 bridgehead atoms. The molecule has 2 aliphatic rings. The van der Waals surface area contributed by atoms with E-state index in [4.69, 9.17) is 14.2 Å². The highest BCUT2D eigenvalue weighted by Gasteiger charge is 2.36. The maximum absolute atomic E-state index is 13.8. The Kier molecular flexibility index (Phi) is 6.55. The van der Waals surface area contributed by atoms with Crippen molar-refractivity contribution in [1.29, 1.82) is 0 Å². The monoisotopic (exact) mass is 460 g/mol. The number of rotatable bonds is 6. The fourth-order valence-corrected chi connectivity index (χ4v) is 3.75. The van der Waals surface area contributed by atoms with Crippen LogP contribution >= 0.6 is 0 Å². The number of hydrogen-bond acceptors (Lipinski definition) is 6. The predicted molar refractivity (Wildman–Crippen MR) is 112 cm³/mol. The summed E-state index contributed by atoms with van der Waals surface area (Å²) in [4.78, 5) is 41.3. The van der Waals surface area contributed by atoms with E-state index in [1.807, 2.05) is 0 Å². The van der Waals surface area contributed by atoms with Crippen molar-refractivity contribution in [2.45, 2.75) is 13.0 Å². The lowest BCUT2D eigenvalue weighted by atomic mass is 10.1. The van der Waals surface area contributed by atoms with Gasteiger partial charge in [-0.25, -0.2) is 8.78 Å². The molecule has 0 unspecified atom stereocenters. The number of halogens is 2. The van der Waals surface area contributed by atoms with Crippen LogP contribution in [0.4, 0.5) is 14.5 Å². The first-order valence-corrected chi connectivity index (χ1v) is 10.4. The molecule has 1 fully saturated rings. The second-order valence-corrected chi connectivity index (χ2v) is 7.64. The number of benzene rings is 2. The fourth-order valence-electron chi connectivity index (χ4n) is 3.75. The van der Waals surface area contributed by atoms with E-state index >= 15 is 0 Å². The van der Waals surface area contributed by atoms with Crippen LogP contribution < -0.4 is 14.4 Å². The zero-order valence-corrected chi connectivity index (χ0v) is 17.9. The molecule has 0 radical (unpaired) electrons. The molecule has 0 spiro atoms. The Morgan fingerprint density at radius 2 is 1.88 bits per heavy atom. The van der Waals surface area contributed by atoms with E-state index in [-0.39, 0.29) is 23.8 Å². The van der Waals surface area contributed by atoms with Crippen molar-refractivity contribution >= 4 is 23.3 Å². The molecular formula is C23H22F2N2O6. The van der Waals surface area contributed by atoms with Crippen molar-refractivity contribution < 1.29 is 37.4 Å². The number of anilines is 1. The van der Waals surface area contributed by atoms with Crippen molar-refractivity contribution in [1.82, 2.24) is 4.90 Å². The minimum atomic E-state index is -0.922. The van der Waals surface area contributed by atoms with Crippen molar-refractivity contribution in [2.24, 2.45) is 0 Å². The van der Waals surface area contributed by atoms with Gasteiger partial charge >= 0.3 is 0 Å². The number of carbonyl (C=O) groups excluding carboxylic acids is 3. The van der Waals surface area contributed by atoms with Crippen molar-refractivity contribution in [3.05, 3.63) is 53.6 Å². The highest BCUT2D eigenvalue weighted by atomic mass is 19.1. The first-order chi connectivity index (χ1) is 15.8. The number of ether oxygens (including phenoxy) is 3. The minimum Gasteiger partial charge on any atom is -0.482 e. The third-order valence-electron chi connectivity index (χ3n) is 5.48. The molecule has 2 amide bonds. The summed E-state index contributed by atoms with van der Waals surface area (Å²) in [6.07, 6.45) is 0. The van der Waals surface area contributed by atoms with Gasteiger partial charge in [-0.2, -0.15) is 0 Å². The predicted octanol–water partition coefficient (Wildman–Crippen LogP) is 2.20. The molecule has 0 aromatic heterocycles. The van der Waals surface area contributed by atoms with E-state index in [2.05, 4.69) is 0 Å². The van der Waals surface area contributed by atoms with Gasteiger partial charge in [-0.15, -0.1) is 0 Å². The van der Waals surface area contributed by atoms with E-state index in [0.717, 1.165) is 12.1 Å². The van der Waals surface area contributed by atoms with E-state index in [0.29, 0.717) is 43.8 Å². The molecular weight excluding hydrogens is 438 g/mol. The summed E-state index contributed by atoms with van der Waals surface area (Å²) in [6.45, 7) is 2.62. The van der Waals surface area contributed by atoms with Gasteiger partial charge in [-0.3, -0.25) is 19.3 Å². The lowest BCUT2D eigenvalue weighted by Crippen LogP contribution is -2.54. The normalized spacial score (nSPS) is 16.6. The number of Topliss-reactive ketones (excluding diaryl/α,β-unsaturated/α-hetero) is 1. The minimum absolute atomic E-state index is 0.186. The highest BCUT2D eigenvalue weighted by Crippen LogP contribution is 2.35. The van der Waals surface area contributed by atoms with Gasteiger partial charge in [0.1, 0.15) is 17.6 Å². The maximum Gasteiger partial charge on any atom is 0.265 e. The van der Waals surface area contributed by atoms with Crippen LogP contribution in [0.1, 0.15) is 17.3 Å². The highest BCUT2D eigenvalue weighted by molar-refractivity contribution is 6.05. The number of hydrogen-bond donors (Lipinski definition) is 0. The molecule has 2 aliphatic heterocycles. The molecule has 174 valence electrons. The summed E-state index contributed by atoms with van der Waals surface area (Å²) >= 11 is 0. The fraction of sp³-hybridized carbons (Fsp3) is 0.348. The standard InChI is InChI=1S/C23H22F2N2O6/c1-14(23(30)26-6-8-31-9-7-26)27-18-10-15(2-4-21(18)33-13-22(27)29)19(28)12-32-20-5-3-16(24)11-17(20)25/h2-5,10-11,14H,6-9,12-13H2,1H3/t14-/m0/s1. The number of morpholine rings is 1. The van der Waals surface area contributed by atoms with Gasteiger partial charge in [0.2, 0.25) is 5.91 Å². The summed E-state index contributed by atoms with van der Waals surface area (Å²) in [5.74, 6) is -2.71. The summed E-state index contributed by atoms with van der Waals surface area (Å²) in [5.41, 5.74) is 0.477. The van der Waals surface area contributed by atoms with E-state index in [1.54, 1.807) is 11.8 Å². The van der Waals surface area contributed by atoms with Gasteiger partial charge in [-0.05, 0) is 37.3 Å². The van der Waals surface area contributed by atoms with Gasteiger partial charge in [0, 0.05) is 24.7 Å². The van der Waals surface area contributed by atoms with Crippen molar-refractivity contribution in [3.8, 4) is 11.5 Å². The summed E-state index contributed by atoms with van der Waals surface area (Å²) in [6, 6.07) is 6.44. The zero-order valence-electron chi connectivity index (χ0n) is 17.9. The number of ketones is 1. The summed E-state index contributed by atoms with van der Waals surface area (Å²) in [5, 5.41) is 0. The van der Waals surface area contributed by atoms with Crippen LogP contribution in [0.15, 0.2) is 36.4 Å². The smallest absolute Gasteiger partial charge is 0.265 e. The lowest BCUT2D eigenvalue weighted by molar-refractivity contribution is -0.138. The largest absolute Gasteiger partial charge is 0.482 e. The van der Waals surface area contributed by atoms with Gasteiger partial charge in [-0.1, -0.05) is 0 Å². The van der Waals surface area contributed by atoms with Gasteiger partial charge in [0.05, 0.1) is 18.9 Å². The van der Waals surface area contributed by atoms with Crippen LogP contribution in [0.5, 0.6) is 11.5 Å². The Balaban J connectivity index is 1.53. The van der Waals surface area contributed by atoms with Crippen LogP contribution in [0.25, 0.3) is 0 Å². The maximum atomic E-state index is 13.8. The number of amides is 2. The number of nitrogens with zero attached hydrogens (tertiary/aromatic N) is 2. The van der Waals surface area contributed by atoms with Crippen molar-refractivity contribution in [3.63, 3.8) is 0 Å². The number of carbonyl (C=O) groups is 3. The van der Waals surface area contributed by atoms with Gasteiger partial charge in [0.15, 0.2) is 30.6 Å². The molecule has 1 atom stereocenters. The molecule has 0 saturated carbocycles. The first kappa shape index (κ1) is 22.7. The van der Waals surface area contributed by atoms with Gasteiger partial charge < -0.3 is 19.1 Å². The van der Waals surface area contributed by atoms with Crippen LogP contribution in [-0.4, -0.2) is 68.1 Å². The Hall–Kier alpha value is -3.53. The quantitative estimate of drug-likeness (QED) is 0.615. The SMILES string of the molecule is C[C@@H](C(=O)N1CCOCC1)N1C(=O)COc2ccc(C(=O)COc3ccc(F)cc3F)cc21. The molecule has 10 heteroatoms. The molecule has 2 aromatic rings. The summed E-state index contributed by atoms with van der Waals surface area (Å²) in [7, 11) is 0. The van der Waals surface area contributed by atoms with E-state index in [1.165, 1.54) is 23.1 Å². The lowest BCUT2D eigenvalue weighted by Gasteiger charge is -2.37. The third-order valence-corrected chi connectivity index (χ3v) is 5.48. The second kappa shape index (κ2) is 9.53. The van der Waals surface area contributed by atoms with E-state index < -0.39 is 36.0 Å². The molecule has 8 nitrogen and oxygen atoms in total. The molecule has 2 aromatic carbocycles. The van der Waals surface area contributed by atoms with Crippen LogP contribution in [0, 0.1) is 11.6 Å². The topological polar surface area (TPSA) is 85.4 Å². The average molecular weight is 460 g/mol. The third kappa shape index (κ3) is 4.80. The van der Waals surface area contributed by atoms with Crippen LogP contribution in [-0.2, 0) is 14.3 Å². The average Bonchev–Trinajstić information content (AvgIpc) is 2.82. The van der Waals surface area contributed by atoms with Crippen LogP contribution in [0.3, 0.4) is 0 Å². The molecule has 2 heterocycles. The Morgan fingerprint density at radius 1 is 1.12 bits per heavy atom. The molecule has 33 heavy (non-hydrogen) atoms. The molecule has 0 N–H and O–H groups in total. The second-order valence-electron chi connectivity index (χ2n) is 7.64. The molecule has 0 aliphatic carbocycles. The van der Waals surface area contributed by atoms with Crippen molar-refractivity contribution in [2.75, 3.05) is 44.4 Å². The van der Waals surface area contributed by atoms with Gasteiger partial charge in [0.25, 0.3) is 5.91 Å². The molecule has 4 rings (SSSR count). The Bertz CT molecular complexity index is 1090. The van der Waals surface area contributed by atoms with E-state index in [9.17, 15) is 23.2 Å². The first-order valence-electron chi connectivity index (χ1n) is 10.4. The number of fused-ring (bicyclic) bond motifs is 1. The Labute approximate surface area is 188 Å². The summed E-state index contributed by atoms with van der Waals surface area (Å²) < 4.78 is 42.7. The Morgan fingerprint density at radius 3 is 2.61 bits per heavy atom. The zero-order chi connectivity index (χ0) is 23.5. The molecule has 1 saturated heterocycles. The van der Waals surface area contributed by atoms with Crippen LogP contribution in [0.2, 0.25) is 0 Å².